The number of piperidine rings is 1. The van der Waals surface area contributed by atoms with Crippen LogP contribution in [0.25, 0.3) is 22.2 Å². The van der Waals surface area contributed by atoms with Crippen molar-refractivity contribution in [1.82, 2.24) is 25.3 Å². The topological polar surface area (TPSA) is 92.7 Å². The molecule has 1 aliphatic carbocycles. The third-order valence-electron chi connectivity index (χ3n) is 6.13. The normalized spacial score (nSPS) is 18.9. The number of benzene rings is 1. The van der Waals surface area contributed by atoms with Crippen LogP contribution in [0.15, 0.2) is 36.8 Å². The van der Waals surface area contributed by atoms with Gasteiger partial charge in [-0.15, -0.1) is 0 Å². The Kier molecular flexibility index (Phi) is 5.50. The van der Waals surface area contributed by atoms with E-state index in [1.54, 1.807) is 18.6 Å². The maximum Gasteiger partial charge on any atom is 0.249 e. The highest BCUT2D eigenvalue weighted by atomic mass is 19.3. The number of nitrogens with zero attached hydrogens (tertiary/aromatic N) is 4. The Labute approximate surface area is 184 Å². The van der Waals surface area contributed by atoms with Crippen molar-refractivity contribution in [3.8, 4) is 11.3 Å². The fourth-order valence-corrected chi connectivity index (χ4v) is 4.25. The Morgan fingerprint density at radius 2 is 1.94 bits per heavy atom. The molecule has 2 aliphatic rings. The summed E-state index contributed by atoms with van der Waals surface area (Å²) in [7, 11) is 0. The molecular weight excluding hydrogens is 414 g/mol. The SMILES string of the molecule is O=C(Cc1ncc2ccc(-c3cncc(NC4CCNCC4)n3)cc2n1)C1CC(F)(F)C1. The highest BCUT2D eigenvalue weighted by Crippen LogP contribution is 2.43. The number of hydrogen-bond donors (Lipinski definition) is 2. The Hall–Kier alpha value is -3.07. The van der Waals surface area contributed by atoms with Gasteiger partial charge in [0.05, 0.1) is 30.0 Å². The molecule has 32 heavy (non-hydrogen) atoms. The monoisotopic (exact) mass is 438 g/mol. The van der Waals surface area contributed by atoms with Gasteiger partial charge in [0.25, 0.3) is 0 Å². The van der Waals surface area contributed by atoms with Crippen LogP contribution in [0.3, 0.4) is 0 Å². The number of halogens is 2. The zero-order valence-electron chi connectivity index (χ0n) is 17.5. The molecular formula is C23H24F2N6O. The summed E-state index contributed by atoms with van der Waals surface area (Å²) in [5.74, 6) is -2.45. The lowest BCUT2D eigenvalue weighted by atomic mass is 9.77. The molecule has 0 amide bonds. The predicted octanol–water partition coefficient (Wildman–Crippen LogP) is 3.41. The van der Waals surface area contributed by atoms with Crippen LogP contribution in [0.2, 0.25) is 0 Å². The first kappa shape index (κ1) is 20.8. The van der Waals surface area contributed by atoms with E-state index in [4.69, 9.17) is 4.98 Å². The van der Waals surface area contributed by atoms with Crippen molar-refractivity contribution in [2.45, 2.75) is 44.1 Å². The Bertz CT molecular complexity index is 1140. The van der Waals surface area contributed by atoms with Crippen molar-refractivity contribution in [1.29, 1.82) is 0 Å². The molecule has 0 spiro atoms. The number of anilines is 1. The van der Waals surface area contributed by atoms with Gasteiger partial charge in [-0.1, -0.05) is 12.1 Å². The zero-order valence-corrected chi connectivity index (χ0v) is 17.5. The first-order valence-corrected chi connectivity index (χ1v) is 10.9. The molecule has 7 nitrogen and oxygen atoms in total. The summed E-state index contributed by atoms with van der Waals surface area (Å²) < 4.78 is 26.1. The van der Waals surface area contributed by atoms with Crippen molar-refractivity contribution >= 4 is 22.5 Å². The lowest BCUT2D eigenvalue weighted by Crippen LogP contribution is -2.40. The lowest BCUT2D eigenvalue weighted by Gasteiger charge is -2.33. The van der Waals surface area contributed by atoms with Gasteiger partial charge in [-0.25, -0.2) is 23.7 Å². The van der Waals surface area contributed by atoms with Crippen LogP contribution < -0.4 is 10.6 Å². The minimum atomic E-state index is -2.71. The third kappa shape index (κ3) is 4.57. The lowest BCUT2D eigenvalue weighted by molar-refractivity contribution is -0.147. The van der Waals surface area contributed by atoms with E-state index >= 15 is 0 Å². The summed E-state index contributed by atoms with van der Waals surface area (Å²) in [5, 5.41) is 7.63. The Morgan fingerprint density at radius 3 is 2.72 bits per heavy atom. The van der Waals surface area contributed by atoms with Gasteiger partial charge in [-0.3, -0.25) is 9.78 Å². The van der Waals surface area contributed by atoms with E-state index in [-0.39, 0.29) is 25.0 Å². The van der Waals surface area contributed by atoms with Crippen LogP contribution in [-0.2, 0) is 11.2 Å². The number of Topliss-reactive ketones (excluding diaryl/α,β-unsaturated/α-hetero) is 1. The van der Waals surface area contributed by atoms with Gasteiger partial charge in [0.1, 0.15) is 17.4 Å². The molecule has 1 aromatic carbocycles. The summed E-state index contributed by atoms with van der Waals surface area (Å²) in [6.07, 6.45) is 6.40. The molecule has 0 unspecified atom stereocenters. The van der Waals surface area contributed by atoms with Crippen LogP contribution in [0, 0.1) is 5.92 Å². The zero-order chi connectivity index (χ0) is 22.1. The fraction of sp³-hybridized carbons (Fsp3) is 0.435. The average Bonchev–Trinajstić information content (AvgIpc) is 2.78. The molecule has 3 heterocycles. The third-order valence-corrected chi connectivity index (χ3v) is 6.13. The molecule has 1 saturated carbocycles. The second-order valence-electron chi connectivity index (χ2n) is 8.62. The summed E-state index contributed by atoms with van der Waals surface area (Å²) in [5.41, 5.74) is 2.25. The van der Waals surface area contributed by atoms with E-state index in [0.717, 1.165) is 48.4 Å². The molecule has 1 aliphatic heterocycles. The van der Waals surface area contributed by atoms with Crippen molar-refractivity contribution in [3.63, 3.8) is 0 Å². The van der Waals surface area contributed by atoms with Crippen molar-refractivity contribution in [2.75, 3.05) is 18.4 Å². The van der Waals surface area contributed by atoms with Gasteiger partial charge in [-0.2, -0.15) is 0 Å². The van der Waals surface area contributed by atoms with Gasteiger partial charge in [0, 0.05) is 41.9 Å². The number of nitrogens with one attached hydrogen (secondary N) is 2. The smallest absolute Gasteiger partial charge is 0.249 e. The Morgan fingerprint density at radius 1 is 1.12 bits per heavy atom. The van der Waals surface area contributed by atoms with E-state index in [0.29, 0.717) is 17.4 Å². The number of rotatable bonds is 6. The van der Waals surface area contributed by atoms with E-state index < -0.39 is 11.8 Å². The number of fused-ring (bicyclic) bond motifs is 1. The van der Waals surface area contributed by atoms with Gasteiger partial charge >= 0.3 is 0 Å². The van der Waals surface area contributed by atoms with Crippen molar-refractivity contribution in [3.05, 3.63) is 42.6 Å². The molecule has 1 saturated heterocycles. The number of alkyl halides is 2. The highest BCUT2D eigenvalue weighted by molar-refractivity contribution is 5.86. The summed E-state index contributed by atoms with van der Waals surface area (Å²) in [4.78, 5) is 30.1. The molecule has 166 valence electrons. The van der Waals surface area contributed by atoms with Crippen molar-refractivity contribution in [2.24, 2.45) is 5.92 Å². The molecule has 5 rings (SSSR count). The van der Waals surface area contributed by atoms with E-state index in [9.17, 15) is 13.6 Å². The maximum atomic E-state index is 13.1. The summed E-state index contributed by atoms with van der Waals surface area (Å²) in [6.45, 7) is 1.98. The van der Waals surface area contributed by atoms with Crippen LogP contribution in [0.4, 0.5) is 14.6 Å². The minimum Gasteiger partial charge on any atom is -0.366 e. The van der Waals surface area contributed by atoms with Crippen LogP contribution in [0.1, 0.15) is 31.5 Å². The van der Waals surface area contributed by atoms with Crippen LogP contribution in [-0.4, -0.2) is 50.8 Å². The van der Waals surface area contributed by atoms with Gasteiger partial charge in [0.15, 0.2) is 0 Å². The standard InChI is InChI=1S/C23H24F2N6O/c24-23(25)9-16(10-23)20(32)8-21-28-11-15-2-1-14(7-18(15)30-21)19-12-27-13-22(31-19)29-17-3-5-26-6-4-17/h1-2,7,11-13,16-17,26H,3-6,8-10H2,(H,29,31). The molecule has 2 aromatic heterocycles. The highest BCUT2D eigenvalue weighted by Gasteiger charge is 2.48. The summed E-state index contributed by atoms with van der Waals surface area (Å²) >= 11 is 0. The average molecular weight is 438 g/mol. The number of carbonyl (C=O) groups excluding carboxylic acids is 1. The van der Waals surface area contributed by atoms with Crippen LogP contribution in [0.5, 0.6) is 0 Å². The maximum absolute atomic E-state index is 13.1. The molecule has 9 heteroatoms. The molecule has 2 fully saturated rings. The quantitative estimate of drug-likeness (QED) is 0.609. The molecule has 3 aromatic rings. The first-order valence-electron chi connectivity index (χ1n) is 10.9. The van der Waals surface area contributed by atoms with Crippen molar-refractivity contribution < 1.29 is 13.6 Å². The number of ketones is 1. The predicted molar refractivity (Wildman–Crippen MR) is 116 cm³/mol. The molecule has 2 N–H and O–H groups in total. The Balaban J connectivity index is 1.33. The van der Waals surface area contributed by atoms with Gasteiger partial charge in [-0.05, 0) is 32.0 Å². The van der Waals surface area contributed by atoms with E-state index in [1.165, 1.54) is 0 Å². The van der Waals surface area contributed by atoms with E-state index in [2.05, 4.69) is 25.6 Å². The molecule has 0 atom stereocenters. The number of hydrogen-bond acceptors (Lipinski definition) is 7. The number of carbonyl (C=O) groups is 1. The van der Waals surface area contributed by atoms with Gasteiger partial charge < -0.3 is 10.6 Å². The largest absolute Gasteiger partial charge is 0.366 e. The van der Waals surface area contributed by atoms with Gasteiger partial charge in [0.2, 0.25) is 5.92 Å². The molecule has 0 bridgehead atoms. The van der Waals surface area contributed by atoms with Crippen LogP contribution >= 0.6 is 0 Å². The molecule has 0 radical (unpaired) electrons. The first-order chi connectivity index (χ1) is 15.4. The minimum absolute atomic E-state index is 0.0314. The summed E-state index contributed by atoms with van der Waals surface area (Å²) in [6, 6.07) is 6.10. The van der Waals surface area contributed by atoms with E-state index in [1.807, 2.05) is 18.2 Å². The second-order valence-corrected chi connectivity index (χ2v) is 8.62. The fourth-order valence-electron chi connectivity index (χ4n) is 4.25. The number of aromatic nitrogens is 4. The second kappa shape index (κ2) is 8.46.